The van der Waals surface area contributed by atoms with Gasteiger partial charge in [-0.2, -0.15) is 0 Å². The molecule has 1 amide bonds. The van der Waals surface area contributed by atoms with Gasteiger partial charge in [-0.3, -0.25) is 4.79 Å². The first-order valence-corrected chi connectivity index (χ1v) is 6.97. The van der Waals surface area contributed by atoms with Gasteiger partial charge in [-0.15, -0.1) is 6.42 Å². The quantitative estimate of drug-likeness (QED) is 0.796. The highest BCUT2D eigenvalue weighted by atomic mass is 79.9. The molecule has 0 heterocycles. The number of benzene rings is 1. The normalized spacial score (nSPS) is 11.5. The van der Waals surface area contributed by atoms with Crippen molar-refractivity contribution in [2.45, 2.75) is 19.9 Å². The molecule has 1 aromatic carbocycles. The number of aryl methyl sites for hydroxylation is 1. The van der Waals surface area contributed by atoms with E-state index >= 15 is 0 Å². The molecule has 5 heteroatoms. The molecular weight excluding hydrogens is 360 g/mol. The van der Waals surface area contributed by atoms with Crippen LogP contribution in [-0.2, 0) is 4.79 Å². The third kappa shape index (κ3) is 4.04. The van der Waals surface area contributed by atoms with Crippen LogP contribution in [0.3, 0.4) is 0 Å². The maximum Gasteiger partial charge on any atom is 0.242 e. The zero-order chi connectivity index (χ0) is 13.7. The lowest BCUT2D eigenvalue weighted by atomic mass is 10.2. The van der Waals surface area contributed by atoms with Gasteiger partial charge in [0.25, 0.3) is 0 Å². The fraction of sp³-hybridized carbons (Fsp3) is 0.308. The van der Waals surface area contributed by atoms with E-state index in [9.17, 15) is 4.79 Å². The van der Waals surface area contributed by atoms with E-state index in [0.717, 1.165) is 20.2 Å². The van der Waals surface area contributed by atoms with Crippen LogP contribution >= 0.6 is 31.9 Å². The van der Waals surface area contributed by atoms with Gasteiger partial charge in [-0.05, 0) is 63.4 Å². The van der Waals surface area contributed by atoms with Crippen molar-refractivity contribution < 1.29 is 4.79 Å². The van der Waals surface area contributed by atoms with Gasteiger partial charge in [0.15, 0.2) is 0 Å². The highest BCUT2D eigenvalue weighted by molar-refractivity contribution is 9.11. The largest absolute Gasteiger partial charge is 0.372 e. The van der Waals surface area contributed by atoms with E-state index in [1.807, 2.05) is 19.1 Å². The van der Waals surface area contributed by atoms with E-state index in [0.29, 0.717) is 0 Å². The lowest BCUT2D eigenvalue weighted by Crippen LogP contribution is -2.37. The number of hydrogen-bond acceptors (Lipinski definition) is 2. The molecule has 2 N–H and O–H groups in total. The van der Waals surface area contributed by atoms with Crippen molar-refractivity contribution in [2.24, 2.45) is 0 Å². The van der Waals surface area contributed by atoms with Gasteiger partial charge >= 0.3 is 0 Å². The first-order chi connectivity index (χ1) is 8.45. The molecule has 0 saturated carbocycles. The fourth-order valence-electron chi connectivity index (χ4n) is 1.41. The van der Waals surface area contributed by atoms with Gasteiger partial charge in [0.05, 0.1) is 12.2 Å². The Kier molecular flexibility index (Phi) is 5.70. The number of rotatable bonds is 4. The second-order valence-electron chi connectivity index (χ2n) is 3.89. The minimum absolute atomic E-state index is 0.132. The van der Waals surface area contributed by atoms with Crippen LogP contribution in [0.4, 0.5) is 5.69 Å². The molecule has 1 atom stereocenters. The molecule has 0 aliphatic carbocycles. The lowest BCUT2D eigenvalue weighted by Gasteiger charge is -2.17. The van der Waals surface area contributed by atoms with Crippen molar-refractivity contribution in [2.75, 3.05) is 11.9 Å². The Labute approximate surface area is 124 Å². The molecule has 0 spiro atoms. The minimum atomic E-state index is -0.367. The summed E-state index contributed by atoms with van der Waals surface area (Å²) in [5.41, 5.74) is 1.98. The molecule has 1 unspecified atom stereocenters. The number of carbonyl (C=O) groups is 1. The van der Waals surface area contributed by atoms with Crippen LogP contribution in [0.1, 0.15) is 12.5 Å². The maximum atomic E-state index is 11.7. The molecule has 3 nitrogen and oxygen atoms in total. The number of carbonyl (C=O) groups excluding carboxylic acids is 1. The van der Waals surface area contributed by atoms with Gasteiger partial charge < -0.3 is 10.6 Å². The monoisotopic (exact) mass is 372 g/mol. The summed E-state index contributed by atoms with van der Waals surface area (Å²) in [7, 11) is 0. The molecule has 0 aromatic heterocycles. The molecule has 96 valence electrons. The minimum Gasteiger partial charge on any atom is -0.372 e. The first-order valence-electron chi connectivity index (χ1n) is 5.39. The number of hydrogen-bond donors (Lipinski definition) is 2. The van der Waals surface area contributed by atoms with E-state index < -0.39 is 0 Å². The second kappa shape index (κ2) is 6.81. The Balaban J connectivity index is 2.79. The van der Waals surface area contributed by atoms with Gasteiger partial charge in [0.1, 0.15) is 6.04 Å². The number of nitrogens with one attached hydrogen (secondary N) is 2. The predicted molar refractivity (Wildman–Crippen MR) is 81.5 cm³/mol. The third-order valence-electron chi connectivity index (χ3n) is 2.31. The van der Waals surface area contributed by atoms with Gasteiger partial charge in [0.2, 0.25) is 5.91 Å². The van der Waals surface area contributed by atoms with Crippen molar-refractivity contribution >= 4 is 43.5 Å². The van der Waals surface area contributed by atoms with Crippen LogP contribution in [0.2, 0.25) is 0 Å². The molecule has 0 aliphatic heterocycles. The molecular formula is C13H14Br2N2O. The summed E-state index contributed by atoms with van der Waals surface area (Å²) in [4.78, 5) is 11.7. The Morgan fingerprint density at radius 3 is 2.50 bits per heavy atom. The van der Waals surface area contributed by atoms with E-state index in [1.165, 1.54) is 0 Å². The Bertz CT molecular complexity index is 471. The van der Waals surface area contributed by atoms with Gasteiger partial charge in [0, 0.05) is 8.95 Å². The molecule has 0 radical (unpaired) electrons. The van der Waals surface area contributed by atoms with Crippen LogP contribution in [0.5, 0.6) is 0 Å². The highest BCUT2D eigenvalue weighted by Crippen LogP contribution is 2.32. The third-order valence-corrected chi connectivity index (χ3v) is 3.56. The topological polar surface area (TPSA) is 41.1 Å². The first kappa shape index (κ1) is 15.1. The summed E-state index contributed by atoms with van der Waals surface area (Å²) in [6.07, 6.45) is 5.09. The van der Waals surface area contributed by atoms with Gasteiger partial charge in [-0.1, -0.05) is 5.92 Å². The van der Waals surface area contributed by atoms with Crippen LogP contribution in [-0.4, -0.2) is 18.5 Å². The van der Waals surface area contributed by atoms with Crippen molar-refractivity contribution in [3.63, 3.8) is 0 Å². The number of halogens is 2. The lowest BCUT2D eigenvalue weighted by molar-refractivity contribution is -0.121. The molecule has 1 aromatic rings. The highest BCUT2D eigenvalue weighted by Gasteiger charge is 2.15. The zero-order valence-corrected chi connectivity index (χ0v) is 13.4. The standard InChI is InChI=1S/C13H14Br2N2O/c1-4-5-16-13(18)9(3)17-12-10(14)6-8(2)7-11(12)15/h1,6-7,9,17H,5H2,2-3H3,(H,16,18). The maximum absolute atomic E-state index is 11.7. The second-order valence-corrected chi connectivity index (χ2v) is 5.60. The van der Waals surface area contributed by atoms with Crippen LogP contribution in [0, 0.1) is 19.3 Å². The van der Waals surface area contributed by atoms with Crippen molar-refractivity contribution in [1.29, 1.82) is 0 Å². The summed E-state index contributed by atoms with van der Waals surface area (Å²) in [6, 6.07) is 3.60. The summed E-state index contributed by atoms with van der Waals surface area (Å²) < 4.78 is 1.82. The molecule has 1 rings (SSSR count). The number of terminal acetylenes is 1. The number of amides is 1. The summed E-state index contributed by atoms with van der Waals surface area (Å²) in [5.74, 6) is 2.24. The summed E-state index contributed by atoms with van der Waals surface area (Å²) in [6.45, 7) is 4.02. The molecule has 0 bridgehead atoms. The Hall–Kier alpha value is -0.990. The summed E-state index contributed by atoms with van der Waals surface area (Å²) in [5, 5.41) is 5.77. The van der Waals surface area contributed by atoms with Crippen LogP contribution in [0.25, 0.3) is 0 Å². The predicted octanol–water partition coefficient (Wildman–Crippen LogP) is 3.07. The van der Waals surface area contributed by atoms with Crippen LogP contribution < -0.4 is 10.6 Å². The van der Waals surface area contributed by atoms with Crippen molar-refractivity contribution in [3.05, 3.63) is 26.6 Å². The molecule has 0 aliphatic rings. The average Bonchev–Trinajstić information content (AvgIpc) is 2.30. The fourth-order valence-corrected chi connectivity index (χ4v) is 3.06. The summed E-state index contributed by atoms with van der Waals surface area (Å²) >= 11 is 6.94. The SMILES string of the molecule is C#CCNC(=O)C(C)Nc1c(Br)cc(C)cc1Br. The molecule has 18 heavy (non-hydrogen) atoms. The molecule has 0 saturated heterocycles. The van der Waals surface area contributed by atoms with E-state index in [2.05, 4.69) is 48.4 Å². The van der Waals surface area contributed by atoms with Crippen LogP contribution in [0.15, 0.2) is 21.1 Å². The average molecular weight is 374 g/mol. The van der Waals surface area contributed by atoms with E-state index in [4.69, 9.17) is 6.42 Å². The molecule has 0 fully saturated rings. The van der Waals surface area contributed by atoms with Crippen molar-refractivity contribution in [3.8, 4) is 12.3 Å². The number of anilines is 1. The Morgan fingerprint density at radius 2 is 2.00 bits per heavy atom. The van der Waals surface area contributed by atoms with E-state index in [-0.39, 0.29) is 18.5 Å². The van der Waals surface area contributed by atoms with Crippen molar-refractivity contribution in [1.82, 2.24) is 5.32 Å². The van der Waals surface area contributed by atoms with E-state index in [1.54, 1.807) is 6.92 Å². The zero-order valence-electron chi connectivity index (χ0n) is 10.2. The smallest absolute Gasteiger partial charge is 0.242 e. The van der Waals surface area contributed by atoms with Gasteiger partial charge in [-0.25, -0.2) is 0 Å². The Morgan fingerprint density at radius 1 is 1.44 bits per heavy atom.